The number of nitrogens with zero attached hydrogens (tertiary/aromatic N) is 4. The summed E-state index contributed by atoms with van der Waals surface area (Å²) in [5.41, 5.74) is 7.81. The van der Waals surface area contributed by atoms with Crippen LogP contribution in [0, 0.1) is 6.92 Å². The highest BCUT2D eigenvalue weighted by Crippen LogP contribution is 2.38. The molecule has 0 radical (unpaired) electrons. The summed E-state index contributed by atoms with van der Waals surface area (Å²) in [5.74, 6) is 1.33. The molecule has 5 nitrogen and oxygen atoms in total. The summed E-state index contributed by atoms with van der Waals surface area (Å²) in [6.45, 7) is 1.94. The van der Waals surface area contributed by atoms with Crippen LogP contribution in [0.15, 0.2) is 18.5 Å². The molecule has 0 bridgehead atoms. The largest absolute Gasteiger partial charge is 0.383 e. The van der Waals surface area contributed by atoms with E-state index in [2.05, 4.69) is 15.1 Å². The summed E-state index contributed by atoms with van der Waals surface area (Å²) in [6, 6.07) is 2.35. The van der Waals surface area contributed by atoms with Gasteiger partial charge in [-0.3, -0.25) is 0 Å². The number of rotatable bonds is 2. The monoisotopic (exact) mass is 215 g/mol. The van der Waals surface area contributed by atoms with Crippen LogP contribution in [0.2, 0.25) is 0 Å². The zero-order valence-corrected chi connectivity index (χ0v) is 9.09. The third-order valence-electron chi connectivity index (χ3n) is 2.76. The van der Waals surface area contributed by atoms with E-state index in [0.717, 1.165) is 11.3 Å². The van der Waals surface area contributed by atoms with Crippen molar-refractivity contribution in [2.75, 3.05) is 5.73 Å². The van der Waals surface area contributed by atoms with E-state index in [4.69, 9.17) is 5.73 Å². The van der Waals surface area contributed by atoms with E-state index in [0.29, 0.717) is 17.7 Å². The van der Waals surface area contributed by atoms with Crippen molar-refractivity contribution in [3.8, 4) is 11.4 Å². The van der Waals surface area contributed by atoms with E-state index in [-0.39, 0.29) is 0 Å². The second kappa shape index (κ2) is 3.30. The Balaban J connectivity index is 2.06. The number of anilines is 1. The average Bonchev–Trinajstić information content (AvgIpc) is 3.03. The van der Waals surface area contributed by atoms with E-state index >= 15 is 0 Å². The van der Waals surface area contributed by atoms with Crippen molar-refractivity contribution >= 4 is 5.82 Å². The maximum Gasteiger partial charge on any atom is 0.164 e. The highest BCUT2D eigenvalue weighted by atomic mass is 15.3. The third-order valence-corrected chi connectivity index (χ3v) is 2.76. The molecule has 0 saturated heterocycles. The number of hydrogen-bond acceptors (Lipinski definition) is 4. The lowest BCUT2D eigenvalue weighted by molar-refractivity contribution is 0.651. The number of nitrogens with two attached hydrogens (primary N) is 1. The molecule has 2 heterocycles. The smallest absolute Gasteiger partial charge is 0.164 e. The van der Waals surface area contributed by atoms with Gasteiger partial charge < -0.3 is 5.73 Å². The Morgan fingerprint density at radius 3 is 2.94 bits per heavy atom. The molecular formula is C11H13N5. The van der Waals surface area contributed by atoms with E-state index in [1.807, 2.05) is 17.7 Å². The lowest BCUT2D eigenvalue weighted by Crippen LogP contribution is -2.03. The second-order valence-corrected chi connectivity index (χ2v) is 4.14. The van der Waals surface area contributed by atoms with E-state index < -0.39 is 0 Å². The highest BCUT2D eigenvalue weighted by molar-refractivity contribution is 5.67. The molecule has 1 aliphatic carbocycles. The van der Waals surface area contributed by atoms with Crippen LogP contribution in [0.4, 0.5) is 5.82 Å². The molecule has 0 aliphatic heterocycles. The molecule has 2 aromatic rings. The van der Waals surface area contributed by atoms with Crippen LogP contribution in [0.1, 0.15) is 24.6 Å². The fourth-order valence-corrected chi connectivity index (χ4v) is 1.73. The fraction of sp³-hybridized carbons (Fsp3) is 0.364. The van der Waals surface area contributed by atoms with Gasteiger partial charge in [-0.05, 0) is 25.8 Å². The molecule has 0 spiro atoms. The van der Waals surface area contributed by atoms with Crippen LogP contribution < -0.4 is 5.73 Å². The zero-order chi connectivity index (χ0) is 11.1. The Labute approximate surface area is 93.3 Å². The number of nitrogen functional groups attached to an aromatic ring is 1. The SMILES string of the molecule is Cc1ccnc(-c2cnn(C3CC3)c2N)n1. The van der Waals surface area contributed by atoms with E-state index in [1.165, 1.54) is 12.8 Å². The van der Waals surface area contributed by atoms with Gasteiger partial charge in [0.1, 0.15) is 5.82 Å². The lowest BCUT2D eigenvalue weighted by atomic mass is 10.3. The van der Waals surface area contributed by atoms with Gasteiger partial charge in [0.15, 0.2) is 5.82 Å². The van der Waals surface area contributed by atoms with Crippen molar-refractivity contribution in [1.82, 2.24) is 19.7 Å². The molecule has 0 atom stereocenters. The molecule has 0 amide bonds. The number of hydrogen-bond donors (Lipinski definition) is 1. The maximum atomic E-state index is 6.05. The zero-order valence-electron chi connectivity index (χ0n) is 9.09. The predicted octanol–water partition coefficient (Wildman–Crippen LogP) is 1.57. The Morgan fingerprint density at radius 2 is 2.25 bits per heavy atom. The first-order valence-electron chi connectivity index (χ1n) is 5.38. The van der Waals surface area contributed by atoms with E-state index in [9.17, 15) is 0 Å². The first kappa shape index (κ1) is 9.33. The van der Waals surface area contributed by atoms with Crippen LogP contribution in [0.3, 0.4) is 0 Å². The third kappa shape index (κ3) is 1.44. The van der Waals surface area contributed by atoms with E-state index in [1.54, 1.807) is 12.4 Å². The Morgan fingerprint density at radius 1 is 1.44 bits per heavy atom. The van der Waals surface area contributed by atoms with Crippen LogP contribution in [0.5, 0.6) is 0 Å². The van der Waals surface area contributed by atoms with Gasteiger partial charge in [-0.25, -0.2) is 14.6 Å². The summed E-state index contributed by atoms with van der Waals surface area (Å²) in [5, 5.41) is 4.30. The van der Waals surface area contributed by atoms with Crippen LogP contribution in [0.25, 0.3) is 11.4 Å². The molecule has 0 unspecified atom stereocenters. The van der Waals surface area contributed by atoms with Crippen molar-refractivity contribution < 1.29 is 0 Å². The van der Waals surface area contributed by atoms with Gasteiger partial charge in [-0.15, -0.1) is 0 Å². The standard InChI is InChI=1S/C11H13N5/c1-7-4-5-13-11(15-7)9-6-14-16(10(9)12)8-2-3-8/h4-6,8H,2-3,12H2,1H3. The average molecular weight is 215 g/mol. The minimum absolute atomic E-state index is 0.485. The summed E-state index contributed by atoms with van der Waals surface area (Å²) >= 11 is 0. The van der Waals surface area contributed by atoms with Gasteiger partial charge >= 0.3 is 0 Å². The second-order valence-electron chi connectivity index (χ2n) is 4.14. The first-order chi connectivity index (χ1) is 7.75. The molecule has 1 saturated carbocycles. The summed E-state index contributed by atoms with van der Waals surface area (Å²) in [7, 11) is 0. The van der Waals surface area contributed by atoms with Crippen molar-refractivity contribution in [3.05, 3.63) is 24.2 Å². The molecular weight excluding hydrogens is 202 g/mol. The number of aryl methyl sites for hydroxylation is 1. The maximum absolute atomic E-state index is 6.05. The lowest BCUT2D eigenvalue weighted by Gasteiger charge is -2.02. The van der Waals surface area contributed by atoms with Crippen molar-refractivity contribution in [2.45, 2.75) is 25.8 Å². The van der Waals surface area contributed by atoms with Gasteiger partial charge in [0.05, 0.1) is 17.8 Å². The van der Waals surface area contributed by atoms with Crippen LogP contribution in [-0.2, 0) is 0 Å². The quantitative estimate of drug-likeness (QED) is 0.825. The normalized spacial score (nSPS) is 15.3. The highest BCUT2D eigenvalue weighted by Gasteiger charge is 2.27. The van der Waals surface area contributed by atoms with Gasteiger partial charge in [0.25, 0.3) is 0 Å². The molecule has 1 fully saturated rings. The molecule has 82 valence electrons. The fourth-order valence-electron chi connectivity index (χ4n) is 1.73. The van der Waals surface area contributed by atoms with Crippen LogP contribution >= 0.6 is 0 Å². The summed E-state index contributed by atoms with van der Waals surface area (Å²) in [4.78, 5) is 8.57. The van der Waals surface area contributed by atoms with Crippen LogP contribution in [-0.4, -0.2) is 19.7 Å². The van der Waals surface area contributed by atoms with Crippen molar-refractivity contribution in [3.63, 3.8) is 0 Å². The van der Waals surface area contributed by atoms with Gasteiger partial charge in [-0.2, -0.15) is 5.10 Å². The Bertz CT molecular complexity index is 527. The molecule has 16 heavy (non-hydrogen) atoms. The molecule has 5 heteroatoms. The summed E-state index contributed by atoms with van der Waals surface area (Å²) in [6.07, 6.45) is 5.83. The minimum atomic E-state index is 0.485. The number of aromatic nitrogens is 4. The molecule has 2 aromatic heterocycles. The van der Waals surface area contributed by atoms with Crippen molar-refractivity contribution in [2.24, 2.45) is 0 Å². The molecule has 0 aromatic carbocycles. The molecule has 1 aliphatic rings. The Kier molecular flexibility index (Phi) is 1.92. The van der Waals surface area contributed by atoms with Gasteiger partial charge in [0, 0.05) is 11.9 Å². The van der Waals surface area contributed by atoms with Crippen molar-refractivity contribution in [1.29, 1.82) is 0 Å². The van der Waals surface area contributed by atoms with Gasteiger partial charge in [-0.1, -0.05) is 0 Å². The minimum Gasteiger partial charge on any atom is -0.383 e. The topological polar surface area (TPSA) is 69.6 Å². The predicted molar refractivity (Wildman–Crippen MR) is 60.7 cm³/mol. The first-order valence-corrected chi connectivity index (χ1v) is 5.38. The summed E-state index contributed by atoms with van der Waals surface area (Å²) < 4.78 is 1.88. The molecule has 3 rings (SSSR count). The molecule has 2 N–H and O–H groups in total. The Hall–Kier alpha value is -1.91. The van der Waals surface area contributed by atoms with Gasteiger partial charge in [0.2, 0.25) is 0 Å².